The maximum Gasteiger partial charge on any atom is 0.306 e. The molecule has 1 unspecified atom stereocenters. The molecule has 0 aromatic rings. The molecule has 0 amide bonds. The molecule has 6 nitrogen and oxygen atoms in total. The summed E-state index contributed by atoms with van der Waals surface area (Å²) in [6.07, 6.45) is 68.1. The summed E-state index contributed by atoms with van der Waals surface area (Å²) in [6, 6.07) is 0. The van der Waals surface area contributed by atoms with Crippen LogP contribution in [0.15, 0.2) is 48.6 Å². The highest BCUT2D eigenvalue weighted by molar-refractivity contribution is 5.71. The van der Waals surface area contributed by atoms with Crippen LogP contribution < -0.4 is 0 Å². The van der Waals surface area contributed by atoms with E-state index in [-0.39, 0.29) is 31.1 Å². The Hall–Kier alpha value is -2.63. The zero-order valence-corrected chi connectivity index (χ0v) is 44.7. The second-order valence-corrected chi connectivity index (χ2v) is 19.7. The van der Waals surface area contributed by atoms with Crippen LogP contribution in [0.5, 0.6) is 0 Å². The van der Waals surface area contributed by atoms with Crippen molar-refractivity contribution in [3.63, 3.8) is 0 Å². The van der Waals surface area contributed by atoms with Crippen LogP contribution in [0, 0.1) is 0 Å². The van der Waals surface area contributed by atoms with Crippen LogP contribution in [0.2, 0.25) is 0 Å². The van der Waals surface area contributed by atoms with Crippen molar-refractivity contribution >= 4 is 17.9 Å². The summed E-state index contributed by atoms with van der Waals surface area (Å²) in [6.45, 7) is 6.62. The van der Waals surface area contributed by atoms with Crippen LogP contribution in [0.1, 0.15) is 303 Å². The molecule has 1 atom stereocenters. The summed E-state index contributed by atoms with van der Waals surface area (Å²) < 4.78 is 16.9. The summed E-state index contributed by atoms with van der Waals surface area (Å²) in [4.78, 5) is 38.2. The molecule has 0 aromatic heterocycles. The number of hydrogen-bond acceptors (Lipinski definition) is 6. The van der Waals surface area contributed by atoms with E-state index >= 15 is 0 Å². The Balaban J connectivity index is 4.39. The minimum Gasteiger partial charge on any atom is -0.462 e. The number of rotatable bonds is 53. The molecule has 0 saturated carbocycles. The molecule has 0 N–H and O–H groups in total. The average Bonchev–Trinajstić information content (AvgIpc) is 3.33. The van der Waals surface area contributed by atoms with Crippen molar-refractivity contribution in [2.24, 2.45) is 0 Å². The van der Waals surface area contributed by atoms with Gasteiger partial charge in [0.2, 0.25) is 0 Å². The zero-order chi connectivity index (χ0) is 48.6. The molecule has 0 fully saturated rings. The summed E-state index contributed by atoms with van der Waals surface area (Å²) in [5, 5.41) is 0. The van der Waals surface area contributed by atoms with Gasteiger partial charge in [-0.3, -0.25) is 14.4 Å². The van der Waals surface area contributed by atoms with E-state index in [0.717, 1.165) is 83.5 Å². The third-order valence-electron chi connectivity index (χ3n) is 12.9. The average molecular weight is 940 g/mol. The SMILES string of the molecule is CCCCC\C=C/C=C\C=C/C=C\CCCCCCCC(=O)OCC(COC(=O)CCCCCCCCCCCCCCCC)OC(=O)CCCCCCCCCCCCCCCCCCC. The van der Waals surface area contributed by atoms with Gasteiger partial charge in [-0.25, -0.2) is 0 Å². The van der Waals surface area contributed by atoms with Crippen LogP contribution in [-0.4, -0.2) is 37.2 Å². The van der Waals surface area contributed by atoms with Crippen LogP contribution in [-0.2, 0) is 28.6 Å². The molecule has 0 aromatic carbocycles. The second kappa shape index (κ2) is 56.0. The van der Waals surface area contributed by atoms with Gasteiger partial charge in [0, 0.05) is 19.3 Å². The molecule has 0 heterocycles. The summed E-state index contributed by atoms with van der Waals surface area (Å²) >= 11 is 0. The van der Waals surface area contributed by atoms with Crippen molar-refractivity contribution in [3.8, 4) is 0 Å². The third-order valence-corrected chi connectivity index (χ3v) is 12.9. The van der Waals surface area contributed by atoms with Gasteiger partial charge in [-0.2, -0.15) is 0 Å². The van der Waals surface area contributed by atoms with Crippen molar-refractivity contribution < 1.29 is 28.6 Å². The molecule has 0 saturated heterocycles. The van der Waals surface area contributed by atoms with Gasteiger partial charge in [-0.05, 0) is 44.9 Å². The lowest BCUT2D eigenvalue weighted by Gasteiger charge is -2.18. The van der Waals surface area contributed by atoms with Crippen molar-refractivity contribution in [2.45, 2.75) is 309 Å². The van der Waals surface area contributed by atoms with Crippen LogP contribution in [0.3, 0.4) is 0 Å². The fourth-order valence-corrected chi connectivity index (χ4v) is 8.52. The monoisotopic (exact) mass is 939 g/mol. The van der Waals surface area contributed by atoms with Crippen molar-refractivity contribution in [1.29, 1.82) is 0 Å². The molecule has 0 aliphatic heterocycles. The van der Waals surface area contributed by atoms with Crippen molar-refractivity contribution in [1.82, 2.24) is 0 Å². The number of carbonyl (C=O) groups excluding carboxylic acids is 3. The minimum atomic E-state index is -0.779. The summed E-state index contributed by atoms with van der Waals surface area (Å²) in [5.41, 5.74) is 0. The van der Waals surface area contributed by atoms with Crippen LogP contribution in [0.4, 0.5) is 0 Å². The smallest absolute Gasteiger partial charge is 0.306 e. The number of ether oxygens (including phenoxy) is 3. The second-order valence-electron chi connectivity index (χ2n) is 19.7. The Bertz CT molecular complexity index is 1170. The summed E-state index contributed by atoms with van der Waals surface area (Å²) in [7, 11) is 0. The highest BCUT2D eigenvalue weighted by atomic mass is 16.6. The number of unbranched alkanes of at least 4 members (excludes halogenated alkanes) is 37. The first kappa shape index (κ1) is 64.4. The van der Waals surface area contributed by atoms with Crippen molar-refractivity contribution in [3.05, 3.63) is 48.6 Å². The molecule has 0 bridgehead atoms. The normalized spacial score (nSPS) is 12.3. The molecule has 0 aliphatic rings. The van der Waals surface area contributed by atoms with E-state index in [1.54, 1.807) is 0 Å². The quantitative estimate of drug-likeness (QED) is 0.0262. The van der Waals surface area contributed by atoms with E-state index in [4.69, 9.17) is 14.2 Å². The molecule has 0 spiro atoms. The molecule has 390 valence electrons. The highest BCUT2D eigenvalue weighted by Crippen LogP contribution is 2.17. The molecule has 6 heteroatoms. The Morgan fingerprint density at radius 3 is 0.866 bits per heavy atom. The minimum absolute atomic E-state index is 0.0764. The Morgan fingerprint density at radius 2 is 0.537 bits per heavy atom. The third kappa shape index (κ3) is 54.2. The first-order chi connectivity index (χ1) is 33.0. The molecule has 0 rings (SSSR count). The highest BCUT2D eigenvalue weighted by Gasteiger charge is 2.19. The van der Waals surface area contributed by atoms with E-state index in [0.29, 0.717) is 19.3 Å². The van der Waals surface area contributed by atoms with E-state index < -0.39 is 6.10 Å². The van der Waals surface area contributed by atoms with E-state index in [2.05, 4.69) is 69.4 Å². The molecule has 67 heavy (non-hydrogen) atoms. The van der Waals surface area contributed by atoms with Gasteiger partial charge in [0.15, 0.2) is 6.10 Å². The lowest BCUT2D eigenvalue weighted by molar-refractivity contribution is -0.167. The Morgan fingerprint density at radius 1 is 0.299 bits per heavy atom. The largest absolute Gasteiger partial charge is 0.462 e. The number of allylic oxidation sites excluding steroid dienone is 8. The summed E-state index contributed by atoms with van der Waals surface area (Å²) in [5.74, 6) is -0.882. The van der Waals surface area contributed by atoms with Gasteiger partial charge in [0.25, 0.3) is 0 Å². The van der Waals surface area contributed by atoms with E-state index in [1.807, 2.05) is 0 Å². The van der Waals surface area contributed by atoms with Gasteiger partial charge in [0.1, 0.15) is 13.2 Å². The topological polar surface area (TPSA) is 78.9 Å². The number of carbonyl (C=O) groups is 3. The van der Waals surface area contributed by atoms with Gasteiger partial charge in [-0.15, -0.1) is 0 Å². The maximum absolute atomic E-state index is 12.9. The van der Waals surface area contributed by atoms with E-state index in [1.165, 1.54) is 180 Å². The predicted molar refractivity (Wildman–Crippen MR) is 289 cm³/mol. The molecular weight excluding hydrogens is 829 g/mol. The van der Waals surface area contributed by atoms with Gasteiger partial charge in [-0.1, -0.05) is 288 Å². The molecule has 0 aliphatic carbocycles. The predicted octanol–water partition coefficient (Wildman–Crippen LogP) is 19.4. The Kier molecular flexibility index (Phi) is 53.8. The molecule has 0 radical (unpaired) electrons. The van der Waals surface area contributed by atoms with Crippen LogP contribution in [0.25, 0.3) is 0 Å². The van der Waals surface area contributed by atoms with Crippen molar-refractivity contribution in [2.75, 3.05) is 13.2 Å². The fourth-order valence-electron chi connectivity index (χ4n) is 8.52. The van der Waals surface area contributed by atoms with Gasteiger partial charge < -0.3 is 14.2 Å². The van der Waals surface area contributed by atoms with Gasteiger partial charge in [0.05, 0.1) is 0 Å². The standard InChI is InChI=1S/C61H110O6/c1-4-7-10-13-16-19-22-25-28-30-32-33-36-39-42-45-48-51-54-60(63)66-57-58(56-65-59(62)53-50-47-44-41-38-35-27-24-21-18-15-12-9-6-3)67-61(64)55-52-49-46-43-40-37-34-31-29-26-23-20-17-14-11-8-5-2/h16,19,22,25,28,30,32-33,58H,4-15,17-18,20-21,23-24,26-27,29,31,34-57H2,1-3H3/b19-16-,25-22-,30-28-,33-32-. The number of esters is 3. The Labute approximate surface area is 416 Å². The lowest BCUT2D eigenvalue weighted by Crippen LogP contribution is -2.30. The van der Waals surface area contributed by atoms with E-state index in [9.17, 15) is 14.4 Å². The zero-order valence-electron chi connectivity index (χ0n) is 44.7. The first-order valence-corrected chi connectivity index (χ1v) is 29.2. The lowest BCUT2D eigenvalue weighted by atomic mass is 10.0. The van der Waals surface area contributed by atoms with Crippen LogP contribution >= 0.6 is 0 Å². The fraction of sp³-hybridized carbons (Fsp3) is 0.820. The number of hydrogen-bond donors (Lipinski definition) is 0. The molecular formula is C61H110O6. The first-order valence-electron chi connectivity index (χ1n) is 29.2. The van der Waals surface area contributed by atoms with Gasteiger partial charge >= 0.3 is 17.9 Å². The maximum atomic E-state index is 12.9.